The SMILES string of the molecule is CCC1(CO)COP(C)OC1. The molecule has 0 aliphatic carbocycles. The molecule has 11 heavy (non-hydrogen) atoms. The van der Waals surface area contributed by atoms with Crippen molar-refractivity contribution in [3.05, 3.63) is 0 Å². The van der Waals surface area contributed by atoms with Crippen molar-refractivity contribution in [2.45, 2.75) is 13.3 Å². The molecule has 0 spiro atoms. The van der Waals surface area contributed by atoms with Gasteiger partial charge >= 0.3 is 0 Å². The molecular formula is C7H15O3P. The van der Waals surface area contributed by atoms with Crippen LogP contribution in [0.15, 0.2) is 0 Å². The maximum Gasteiger partial charge on any atom is 0.167 e. The highest BCUT2D eigenvalue weighted by atomic mass is 31.2. The minimum absolute atomic E-state index is 0.130. The molecule has 0 amide bonds. The summed E-state index contributed by atoms with van der Waals surface area (Å²) in [6.45, 7) is 5.43. The van der Waals surface area contributed by atoms with E-state index in [9.17, 15) is 0 Å². The molecule has 0 aromatic heterocycles. The molecule has 4 heteroatoms. The van der Waals surface area contributed by atoms with Gasteiger partial charge in [0, 0.05) is 12.1 Å². The minimum atomic E-state index is -0.673. The highest BCUT2D eigenvalue weighted by molar-refractivity contribution is 7.46. The van der Waals surface area contributed by atoms with E-state index in [-0.39, 0.29) is 12.0 Å². The Bertz CT molecular complexity index is 115. The Morgan fingerprint density at radius 1 is 1.45 bits per heavy atom. The zero-order chi connectivity index (χ0) is 8.32. The monoisotopic (exact) mass is 178 g/mol. The van der Waals surface area contributed by atoms with Gasteiger partial charge in [0.05, 0.1) is 19.8 Å². The van der Waals surface area contributed by atoms with Crippen LogP contribution >= 0.6 is 8.38 Å². The first kappa shape index (κ1) is 9.40. The maximum atomic E-state index is 9.07. The van der Waals surface area contributed by atoms with Crippen molar-refractivity contribution in [2.75, 3.05) is 26.5 Å². The molecule has 0 unspecified atom stereocenters. The topological polar surface area (TPSA) is 38.7 Å². The predicted octanol–water partition coefficient (Wildman–Crippen LogP) is 1.36. The summed E-state index contributed by atoms with van der Waals surface area (Å²) in [6.07, 6.45) is 0.909. The third-order valence-electron chi connectivity index (χ3n) is 2.19. The lowest BCUT2D eigenvalue weighted by Crippen LogP contribution is -2.37. The van der Waals surface area contributed by atoms with Gasteiger partial charge in [0.1, 0.15) is 0 Å². The fourth-order valence-electron chi connectivity index (χ4n) is 0.942. The molecule has 0 radical (unpaired) electrons. The number of aliphatic hydroxyl groups excluding tert-OH is 1. The number of rotatable bonds is 2. The van der Waals surface area contributed by atoms with E-state index in [1.54, 1.807) is 0 Å². The van der Waals surface area contributed by atoms with Gasteiger partial charge in [0.2, 0.25) is 0 Å². The van der Waals surface area contributed by atoms with E-state index in [0.29, 0.717) is 13.2 Å². The lowest BCUT2D eigenvalue weighted by molar-refractivity contribution is -0.00975. The first-order chi connectivity index (χ1) is 5.22. The minimum Gasteiger partial charge on any atom is -0.396 e. The van der Waals surface area contributed by atoms with Crippen molar-refractivity contribution < 1.29 is 14.2 Å². The molecule has 1 fully saturated rings. The Kier molecular flexibility index (Phi) is 3.26. The van der Waals surface area contributed by atoms with Gasteiger partial charge in [-0.3, -0.25) is 0 Å². The molecule has 66 valence electrons. The second kappa shape index (κ2) is 3.81. The van der Waals surface area contributed by atoms with Gasteiger partial charge in [0.25, 0.3) is 0 Å². The lowest BCUT2D eigenvalue weighted by atomic mass is 9.88. The molecule has 1 N–H and O–H groups in total. The largest absolute Gasteiger partial charge is 0.396 e. The van der Waals surface area contributed by atoms with Crippen molar-refractivity contribution >= 4 is 8.38 Å². The van der Waals surface area contributed by atoms with E-state index in [2.05, 4.69) is 0 Å². The third-order valence-corrected chi connectivity index (χ3v) is 3.18. The average molecular weight is 178 g/mol. The molecule has 1 heterocycles. The first-order valence-electron chi connectivity index (χ1n) is 3.83. The fourth-order valence-corrected chi connectivity index (χ4v) is 1.93. The van der Waals surface area contributed by atoms with E-state index in [1.807, 2.05) is 13.6 Å². The van der Waals surface area contributed by atoms with Crippen LogP contribution in [0, 0.1) is 5.41 Å². The van der Waals surface area contributed by atoms with E-state index >= 15 is 0 Å². The van der Waals surface area contributed by atoms with Crippen LogP contribution in [0.25, 0.3) is 0 Å². The van der Waals surface area contributed by atoms with E-state index < -0.39 is 8.38 Å². The summed E-state index contributed by atoms with van der Waals surface area (Å²) in [7, 11) is -0.673. The van der Waals surface area contributed by atoms with E-state index in [4.69, 9.17) is 14.2 Å². The smallest absolute Gasteiger partial charge is 0.167 e. The summed E-state index contributed by atoms with van der Waals surface area (Å²) >= 11 is 0. The van der Waals surface area contributed by atoms with Crippen molar-refractivity contribution in [3.63, 3.8) is 0 Å². The second-order valence-corrected chi connectivity index (χ2v) is 4.39. The van der Waals surface area contributed by atoms with Crippen molar-refractivity contribution in [3.8, 4) is 0 Å². The molecule has 1 saturated heterocycles. The summed E-state index contributed by atoms with van der Waals surface area (Å²) in [5, 5.41) is 9.07. The zero-order valence-corrected chi connectivity index (χ0v) is 7.93. The number of hydrogen-bond donors (Lipinski definition) is 1. The van der Waals surface area contributed by atoms with Crippen molar-refractivity contribution in [1.29, 1.82) is 0 Å². The third kappa shape index (κ3) is 2.12. The average Bonchev–Trinajstić information content (AvgIpc) is 2.07. The normalized spacial score (nSPS) is 39.0. The van der Waals surface area contributed by atoms with Crippen molar-refractivity contribution in [2.24, 2.45) is 5.41 Å². The van der Waals surface area contributed by atoms with Crippen LogP contribution in [-0.4, -0.2) is 31.6 Å². The van der Waals surface area contributed by atoms with Gasteiger partial charge in [-0.2, -0.15) is 0 Å². The quantitative estimate of drug-likeness (QED) is 0.649. The molecular weight excluding hydrogens is 163 g/mol. The second-order valence-electron chi connectivity index (χ2n) is 3.00. The van der Waals surface area contributed by atoms with Crippen LogP contribution in [0.5, 0.6) is 0 Å². The van der Waals surface area contributed by atoms with Gasteiger partial charge in [-0.1, -0.05) is 6.92 Å². The Labute approximate surface area is 68.6 Å². The van der Waals surface area contributed by atoms with Crippen LogP contribution < -0.4 is 0 Å². The van der Waals surface area contributed by atoms with E-state index in [0.717, 1.165) is 6.42 Å². The van der Waals surface area contributed by atoms with Gasteiger partial charge in [-0.25, -0.2) is 0 Å². The molecule has 0 saturated carbocycles. The van der Waals surface area contributed by atoms with Crippen LogP contribution in [-0.2, 0) is 9.05 Å². The molecule has 1 rings (SSSR count). The summed E-state index contributed by atoms with van der Waals surface area (Å²) in [6, 6.07) is 0. The predicted molar refractivity (Wildman–Crippen MR) is 44.6 cm³/mol. The Morgan fingerprint density at radius 2 is 2.00 bits per heavy atom. The lowest BCUT2D eigenvalue weighted by Gasteiger charge is -2.36. The zero-order valence-electron chi connectivity index (χ0n) is 7.04. The highest BCUT2D eigenvalue weighted by Gasteiger charge is 2.33. The van der Waals surface area contributed by atoms with Crippen LogP contribution in [0.4, 0.5) is 0 Å². The number of hydrogen-bond acceptors (Lipinski definition) is 3. The molecule has 3 nitrogen and oxygen atoms in total. The van der Waals surface area contributed by atoms with Crippen LogP contribution in [0.1, 0.15) is 13.3 Å². The summed E-state index contributed by atoms with van der Waals surface area (Å²) in [5.41, 5.74) is -0.130. The van der Waals surface area contributed by atoms with E-state index in [1.165, 1.54) is 0 Å². The summed E-state index contributed by atoms with van der Waals surface area (Å²) in [5.74, 6) is 0. The van der Waals surface area contributed by atoms with Gasteiger partial charge < -0.3 is 14.2 Å². The van der Waals surface area contributed by atoms with Gasteiger partial charge in [-0.15, -0.1) is 0 Å². The van der Waals surface area contributed by atoms with Crippen molar-refractivity contribution in [1.82, 2.24) is 0 Å². The molecule has 1 aliphatic heterocycles. The Hall–Kier alpha value is 0.310. The Balaban J connectivity index is 2.45. The standard InChI is InChI=1S/C7H15O3P/c1-3-7(4-8)5-9-11(2)10-6-7/h8H,3-6H2,1-2H3. The molecule has 0 aromatic carbocycles. The first-order valence-corrected chi connectivity index (χ1v) is 5.45. The molecule has 0 atom stereocenters. The highest BCUT2D eigenvalue weighted by Crippen LogP contribution is 2.43. The number of aliphatic hydroxyl groups is 1. The summed E-state index contributed by atoms with van der Waals surface area (Å²) in [4.78, 5) is 0. The summed E-state index contributed by atoms with van der Waals surface area (Å²) < 4.78 is 10.7. The maximum absolute atomic E-state index is 9.07. The van der Waals surface area contributed by atoms with Crippen LogP contribution in [0.3, 0.4) is 0 Å². The molecule has 0 bridgehead atoms. The molecule has 0 aromatic rings. The molecule has 1 aliphatic rings. The van der Waals surface area contributed by atoms with Crippen LogP contribution in [0.2, 0.25) is 0 Å². The fraction of sp³-hybridized carbons (Fsp3) is 1.00. The Morgan fingerprint density at radius 3 is 2.36 bits per heavy atom. The van der Waals surface area contributed by atoms with Gasteiger partial charge in [0.15, 0.2) is 8.38 Å². The van der Waals surface area contributed by atoms with Gasteiger partial charge in [-0.05, 0) is 6.42 Å².